The number of nitrogens with one attached hydrogen (secondary N) is 2. The summed E-state index contributed by atoms with van der Waals surface area (Å²) >= 11 is 0. The highest BCUT2D eigenvalue weighted by molar-refractivity contribution is 5.98. The topological polar surface area (TPSA) is 131 Å². The van der Waals surface area contributed by atoms with Crippen molar-refractivity contribution in [3.63, 3.8) is 0 Å². The molecule has 3 aromatic rings. The Morgan fingerprint density at radius 3 is 2.66 bits per heavy atom. The summed E-state index contributed by atoms with van der Waals surface area (Å²) in [5.41, 5.74) is 10.7. The summed E-state index contributed by atoms with van der Waals surface area (Å²) in [6, 6.07) is 10.5. The first-order chi connectivity index (χ1) is 16.8. The summed E-state index contributed by atoms with van der Waals surface area (Å²) in [5.74, 6) is -1.30. The van der Waals surface area contributed by atoms with E-state index in [0.717, 1.165) is 11.2 Å². The van der Waals surface area contributed by atoms with Crippen LogP contribution in [-0.2, 0) is 4.79 Å². The molecule has 0 spiro atoms. The van der Waals surface area contributed by atoms with Crippen molar-refractivity contribution in [2.24, 2.45) is 10.9 Å². The molecule has 5 rings (SSSR count). The quantitative estimate of drug-likeness (QED) is 0.493. The molecule has 0 fully saturated rings. The van der Waals surface area contributed by atoms with Crippen molar-refractivity contribution in [1.29, 1.82) is 0 Å². The molecule has 0 saturated heterocycles. The van der Waals surface area contributed by atoms with Gasteiger partial charge in [0.25, 0.3) is 11.8 Å². The molecule has 3 heterocycles. The van der Waals surface area contributed by atoms with E-state index in [-0.39, 0.29) is 17.1 Å². The number of amidine groups is 1. The van der Waals surface area contributed by atoms with Gasteiger partial charge in [0, 0.05) is 24.5 Å². The number of fused-ring (bicyclic) bond motifs is 4. The van der Waals surface area contributed by atoms with Crippen LogP contribution in [0.4, 0.5) is 10.1 Å². The van der Waals surface area contributed by atoms with Crippen molar-refractivity contribution in [2.75, 3.05) is 19.5 Å². The number of oxime groups is 1. The number of halogens is 1. The highest BCUT2D eigenvalue weighted by atomic mass is 19.1. The third-order valence-electron chi connectivity index (χ3n) is 5.46. The first-order valence-corrected chi connectivity index (χ1v) is 10.5. The molecule has 2 aliphatic heterocycles. The average Bonchev–Trinajstić information content (AvgIpc) is 2.85. The molecular weight excluding hydrogens is 455 g/mol. The fourth-order valence-corrected chi connectivity index (χ4v) is 3.57. The number of aryl methyl sites for hydroxylation is 1. The van der Waals surface area contributed by atoms with Gasteiger partial charge in [0.1, 0.15) is 6.04 Å². The molecule has 2 aliphatic rings. The number of nitrogens with zero attached hydrogens (tertiary/aromatic N) is 3. The van der Waals surface area contributed by atoms with Crippen molar-refractivity contribution in [3.05, 3.63) is 82.9 Å². The third kappa shape index (κ3) is 4.83. The van der Waals surface area contributed by atoms with E-state index >= 15 is 0 Å². The Morgan fingerprint density at radius 2 is 1.97 bits per heavy atom. The van der Waals surface area contributed by atoms with Crippen LogP contribution < -0.4 is 26.1 Å². The van der Waals surface area contributed by atoms with Gasteiger partial charge in [-0.25, -0.2) is 4.39 Å². The lowest BCUT2D eigenvalue weighted by molar-refractivity contribution is -0.133. The summed E-state index contributed by atoms with van der Waals surface area (Å²) in [4.78, 5) is 35.3. The SMILES string of the molecule is COc1cc(C)c2cc1ON=C(N)c1ccc(cc1)NC2C(=O)N(C)NC(=O)c1ccncc1F. The lowest BCUT2D eigenvalue weighted by Gasteiger charge is -2.27. The highest BCUT2D eigenvalue weighted by Gasteiger charge is 2.29. The zero-order valence-electron chi connectivity index (χ0n) is 19.2. The lowest BCUT2D eigenvalue weighted by Crippen LogP contribution is -2.47. The molecule has 1 atom stereocenters. The standard InChI is InChI=1S/C24H23FN6O4/c1-13-10-19(34-3)20-11-17(13)21(28-15-6-4-14(5-7-15)22(26)30-35-20)24(33)31(2)29-23(32)16-8-9-27-12-18(16)25/h4-12,21,28H,1-3H3,(H2,26,30)(H,29,32). The summed E-state index contributed by atoms with van der Waals surface area (Å²) in [6.07, 6.45) is 2.21. The number of aromatic nitrogens is 1. The van der Waals surface area contributed by atoms with E-state index in [2.05, 4.69) is 20.9 Å². The zero-order valence-corrected chi connectivity index (χ0v) is 19.2. The zero-order chi connectivity index (χ0) is 25.1. The minimum atomic E-state index is -0.956. The predicted octanol–water partition coefficient (Wildman–Crippen LogP) is 2.51. The van der Waals surface area contributed by atoms with Crippen LogP contribution in [0.2, 0.25) is 0 Å². The van der Waals surface area contributed by atoms with E-state index in [9.17, 15) is 14.0 Å². The molecule has 11 heteroatoms. The van der Waals surface area contributed by atoms with Gasteiger partial charge in [0.05, 0.1) is 18.9 Å². The number of pyridine rings is 1. The number of rotatable bonds is 3. The van der Waals surface area contributed by atoms with Crippen LogP contribution in [0.25, 0.3) is 0 Å². The minimum Gasteiger partial charge on any atom is -0.493 e. The number of carbonyl (C=O) groups is 2. The minimum absolute atomic E-state index is 0.166. The molecule has 2 aromatic carbocycles. The third-order valence-corrected chi connectivity index (χ3v) is 5.46. The second kappa shape index (κ2) is 9.67. The van der Waals surface area contributed by atoms with Gasteiger partial charge in [-0.2, -0.15) is 0 Å². The van der Waals surface area contributed by atoms with Crippen LogP contribution >= 0.6 is 0 Å². The molecule has 0 saturated carbocycles. The van der Waals surface area contributed by atoms with E-state index < -0.39 is 23.7 Å². The number of carbonyl (C=O) groups excluding carboxylic acids is 2. The Hall–Kier alpha value is -4.67. The molecule has 1 unspecified atom stereocenters. The maximum absolute atomic E-state index is 14.0. The van der Waals surface area contributed by atoms with Crippen molar-refractivity contribution >= 4 is 23.3 Å². The van der Waals surface area contributed by atoms with E-state index in [1.54, 1.807) is 43.3 Å². The molecule has 180 valence electrons. The van der Waals surface area contributed by atoms with Crippen molar-refractivity contribution in [1.82, 2.24) is 15.4 Å². The van der Waals surface area contributed by atoms with Crippen LogP contribution in [0.15, 0.2) is 60.0 Å². The number of anilines is 1. The number of benzene rings is 2. The van der Waals surface area contributed by atoms with Gasteiger partial charge in [0.15, 0.2) is 23.2 Å². The van der Waals surface area contributed by atoms with Crippen molar-refractivity contribution < 1.29 is 23.6 Å². The molecule has 0 radical (unpaired) electrons. The second-order valence-corrected chi connectivity index (χ2v) is 7.78. The van der Waals surface area contributed by atoms with Gasteiger partial charge in [0.2, 0.25) is 0 Å². The average molecular weight is 478 g/mol. The van der Waals surface area contributed by atoms with Gasteiger partial charge < -0.3 is 20.6 Å². The van der Waals surface area contributed by atoms with Crippen LogP contribution in [0.3, 0.4) is 0 Å². The molecule has 1 aromatic heterocycles. The van der Waals surface area contributed by atoms with Gasteiger partial charge in [-0.3, -0.25) is 25.0 Å². The van der Waals surface area contributed by atoms with E-state index in [1.165, 1.54) is 26.4 Å². The number of hydrazine groups is 1. The predicted molar refractivity (Wildman–Crippen MR) is 126 cm³/mol. The summed E-state index contributed by atoms with van der Waals surface area (Å²) in [7, 11) is 2.86. The first-order valence-electron chi connectivity index (χ1n) is 10.5. The summed E-state index contributed by atoms with van der Waals surface area (Å²) in [6.45, 7) is 1.81. The van der Waals surface area contributed by atoms with Gasteiger partial charge in [-0.05, 0) is 60.5 Å². The van der Waals surface area contributed by atoms with Crippen molar-refractivity contribution in [2.45, 2.75) is 13.0 Å². The van der Waals surface area contributed by atoms with Crippen LogP contribution in [0.1, 0.15) is 33.1 Å². The lowest BCUT2D eigenvalue weighted by atomic mass is 9.98. The fourth-order valence-electron chi connectivity index (χ4n) is 3.57. The van der Waals surface area contributed by atoms with Gasteiger partial charge in [-0.1, -0.05) is 5.16 Å². The normalized spacial score (nSPS) is 14.4. The van der Waals surface area contributed by atoms with Crippen LogP contribution in [-0.4, -0.2) is 41.8 Å². The number of amides is 2. The van der Waals surface area contributed by atoms with E-state index in [0.29, 0.717) is 28.1 Å². The summed E-state index contributed by atoms with van der Waals surface area (Å²) < 4.78 is 19.4. The van der Waals surface area contributed by atoms with Crippen LogP contribution in [0, 0.1) is 12.7 Å². The molecule has 4 bridgehead atoms. The van der Waals surface area contributed by atoms with Crippen LogP contribution in [0.5, 0.6) is 11.5 Å². The Morgan fingerprint density at radius 1 is 1.23 bits per heavy atom. The monoisotopic (exact) mass is 478 g/mol. The molecular formula is C24H23FN6O4. The Labute approximate surface area is 200 Å². The Bertz CT molecular complexity index is 1310. The van der Waals surface area contributed by atoms with E-state index in [1.807, 2.05) is 0 Å². The molecule has 35 heavy (non-hydrogen) atoms. The number of hydrogen-bond acceptors (Lipinski definition) is 8. The maximum Gasteiger partial charge on any atom is 0.272 e. The molecule has 10 nitrogen and oxygen atoms in total. The van der Waals surface area contributed by atoms with Gasteiger partial charge >= 0.3 is 0 Å². The fraction of sp³-hybridized carbons (Fsp3) is 0.167. The highest BCUT2D eigenvalue weighted by Crippen LogP contribution is 2.35. The Balaban J connectivity index is 1.72. The van der Waals surface area contributed by atoms with Crippen molar-refractivity contribution in [3.8, 4) is 11.5 Å². The Kier molecular flexibility index (Phi) is 6.49. The number of nitrogens with two attached hydrogens (primary N) is 1. The maximum atomic E-state index is 14.0. The molecule has 4 N–H and O–H groups in total. The number of likely N-dealkylation sites (N-methyl/N-ethyl adjacent to an activating group) is 1. The second-order valence-electron chi connectivity index (χ2n) is 7.78. The smallest absolute Gasteiger partial charge is 0.272 e. The number of methoxy groups -OCH3 is 1. The largest absolute Gasteiger partial charge is 0.493 e. The number of ether oxygens (including phenoxy) is 1. The van der Waals surface area contributed by atoms with Gasteiger partial charge in [-0.15, -0.1) is 0 Å². The first kappa shape index (κ1) is 23.5. The molecule has 2 amide bonds. The van der Waals surface area contributed by atoms with E-state index in [4.69, 9.17) is 15.3 Å². The molecule has 0 aliphatic carbocycles. The number of hydrogen-bond donors (Lipinski definition) is 3. The summed E-state index contributed by atoms with van der Waals surface area (Å²) in [5, 5.41) is 8.18.